The number of hydrogen-bond acceptors (Lipinski definition) is 6. The largest absolute Gasteiger partial charge is 0.381 e. The normalized spacial score (nSPS) is 20.5. The SMILES string of the molecule is CC[C@@H](C)C(=O)N[C@H](C(=O)N1CCC[C@H]1c1nc(-c2c(C)nc3ccccn23)cs1)C1CCOCC1. The van der Waals surface area contributed by atoms with E-state index in [9.17, 15) is 9.59 Å². The monoisotopic (exact) mass is 509 g/mol. The molecule has 0 saturated carbocycles. The van der Waals surface area contributed by atoms with Crippen LogP contribution in [0.2, 0.25) is 0 Å². The number of aryl methyl sites for hydroxylation is 1. The lowest BCUT2D eigenvalue weighted by Gasteiger charge is -2.35. The number of nitrogens with zero attached hydrogens (tertiary/aromatic N) is 4. The lowest BCUT2D eigenvalue weighted by atomic mass is 9.90. The van der Waals surface area contributed by atoms with E-state index in [1.807, 2.05) is 50.1 Å². The highest BCUT2D eigenvalue weighted by Gasteiger charge is 2.40. The van der Waals surface area contributed by atoms with Crippen molar-refractivity contribution in [1.82, 2.24) is 24.6 Å². The molecular weight excluding hydrogens is 474 g/mol. The molecule has 8 nitrogen and oxygen atoms in total. The Morgan fingerprint density at radius 3 is 2.81 bits per heavy atom. The predicted octanol–water partition coefficient (Wildman–Crippen LogP) is 4.39. The van der Waals surface area contributed by atoms with Gasteiger partial charge >= 0.3 is 0 Å². The Bertz CT molecular complexity index is 1230. The highest BCUT2D eigenvalue weighted by Crippen LogP contribution is 2.37. The second-order valence-corrected chi connectivity index (χ2v) is 10.9. The van der Waals surface area contributed by atoms with Crippen LogP contribution in [0.15, 0.2) is 29.8 Å². The van der Waals surface area contributed by atoms with Gasteiger partial charge in [0, 0.05) is 37.3 Å². The summed E-state index contributed by atoms with van der Waals surface area (Å²) in [6, 6.07) is 5.38. The Hall–Kier alpha value is -2.78. The Morgan fingerprint density at radius 2 is 2.03 bits per heavy atom. The Labute approximate surface area is 216 Å². The number of pyridine rings is 1. The van der Waals surface area contributed by atoms with Gasteiger partial charge in [0.05, 0.1) is 17.4 Å². The van der Waals surface area contributed by atoms with E-state index >= 15 is 0 Å². The maximum absolute atomic E-state index is 14.0. The molecule has 2 saturated heterocycles. The molecule has 0 aromatic carbocycles. The number of fused-ring (bicyclic) bond motifs is 1. The van der Waals surface area contributed by atoms with E-state index in [0.717, 1.165) is 59.8 Å². The number of thiazole rings is 1. The van der Waals surface area contributed by atoms with Crippen molar-refractivity contribution in [3.63, 3.8) is 0 Å². The molecule has 0 unspecified atom stereocenters. The minimum atomic E-state index is -0.517. The van der Waals surface area contributed by atoms with Crippen LogP contribution in [0.3, 0.4) is 0 Å². The third-order valence-corrected chi connectivity index (χ3v) is 8.60. The summed E-state index contributed by atoms with van der Waals surface area (Å²) in [4.78, 5) is 38.5. The fraction of sp³-hybridized carbons (Fsp3) is 0.556. The standard InChI is InChI=1S/C27H35N5O3S/c1-4-17(2)25(33)30-23(19-10-14-35-15-11-19)27(34)31-13-7-8-21(31)26-29-20(16-36-26)24-18(3)28-22-9-5-6-12-32(22)24/h5-6,9,12,16-17,19,21,23H,4,7-8,10-11,13-15H2,1-3H3,(H,30,33)/t17-,21+,23+/m1/s1. The number of ether oxygens (including phenoxy) is 1. The van der Waals surface area contributed by atoms with Crippen molar-refractivity contribution >= 4 is 28.8 Å². The van der Waals surface area contributed by atoms with Gasteiger partial charge in [-0.05, 0) is 57.1 Å². The van der Waals surface area contributed by atoms with Crippen LogP contribution in [0, 0.1) is 18.8 Å². The van der Waals surface area contributed by atoms with Crippen LogP contribution in [0.1, 0.15) is 62.7 Å². The van der Waals surface area contributed by atoms with Gasteiger partial charge in [0.25, 0.3) is 0 Å². The van der Waals surface area contributed by atoms with Gasteiger partial charge in [0.15, 0.2) is 0 Å². The minimum Gasteiger partial charge on any atom is -0.381 e. The number of amides is 2. The van der Waals surface area contributed by atoms with E-state index in [2.05, 4.69) is 20.1 Å². The van der Waals surface area contributed by atoms with Crippen molar-refractivity contribution in [3.8, 4) is 11.4 Å². The van der Waals surface area contributed by atoms with Crippen LogP contribution in [-0.2, 0) is 14.3 Å². The fourth-order valence-electron chi connectivity index (χ4n) is 5.35. The molecule has 9 heteroatoms. The topological polar surface area (TPSA) is 88.8 Å². The molecule has 0 aliphatic carbocycles. The average Bonchev–Trinajstić information content (AvgIpc) is 3.64. The molecular formula is C27H35N5O3S. The lowest BCUT2D eigenvalue weighted by molar-refractivity contribution is -0.140. The molecule has 3 aromatic rings. The summed E-state index contributed by atoms with van der Waals surface area (Å²) < 4.78 is 7.61. The number of aromatic nitrogens is 3. The molecule has 0 radical (unpaired) electrons. The molecule has 2 amide bonds. The van der Waals surface area contributed by atoms with Gasteiger partial charge in [-0.1, -0.05) is 19.9 Å². The summed E-state index contributed by atoms with van der Waals surface area (Å²) in [5.74, 6) is -0.0561. The average molecular weight is 510 g/mol. The maximum atomic E-state index is 14.0. The number of nitrogens with one attached hydrogen (secondary N) is 1. The Balaban J connectivity index is 1.40. The second kappa shape index (κ2) is 10.7. The van der Waals surface area contributed by atoms with Crippen molar-refractivity contribution in [2.45, 2.75) is 65.0 Å². The van der Waals surface area contributed by atoms with Gasteiger partial charge < -0.3 is 15.0 Å². The van der Waals surface area contributed by atoms with E-state index in [4.69, 9.17) is 9.72 Å². The van der Waals surface area contributed by atoms with E-state index in [1.54, 1.807) is 11.3 Å². The van der Waals surface area contributed by atoms with Gasteiger partial charge in [-0.3, -0.25) is 14.0 Å². The summed E-state index contributed by atoms with van der Waals surface area (Å²) in [6.45, 7) is 7.87. The van der Waals surface area contributed by atoms with Crippen molar-refractivity contribution in [3.05, 3.63) is 40.5 Å². The smallest absolute Gasteiger partial charge is 0.246 e. The van der Waals surface area contributed by atoms with Gasteiger partial charge in [-0.25, -0.2) is 9.97 Å². The van der Waals surface area contributed by atoms with Crippen LogP contribution in [-0.4, -0.2) is 56.9 Å². The summed E-state index contributed by atoms with van der Waals surface area (Å²) in [6.07, 6.45) is 6.13. The van der Waals surface area contributed by atoms with Crippen molar-refractivity contribution in [2.24, 2.45) is 11.8 Å². The van der Waals surface area contributed by atoms with Crippen LogP contribution < -0.4 is 5.32 Å². The molecule has 2 aliphatic heterocycles. The van der Waals surface area contributed by atoms with Crippen LogP contribution in [0.25, 0.3) is 17.0 Å². The fourth-order valence-corrected chi connectivity index (χ4v) is 6.30. The first kappa shape index (κ1) is 24.9. The van der Waals surface area contributed by atoms with Crippen LogP contribution in [0.4, 0.5) is 0 Å². The van der Waals surface area contributed by atoms with Gasteiger partial charge in [-0.2, -0.15) is 0 Å². The molecule has 36 heavy (non-hydrogen) atoms. The third-order valence-electron chi connectivity index (χ3n) is 7.65. The maximum Gasteiger partial charge on any atom is 0.246 e. The van der Waals surface area contributed by atoms with Crippen LogP contribution >= 0.6 is 11.3 Å². The number of carbonyl (C=O) groups is 2. The van der Waals surface area contributed by atoms with Gasteiger partial charge in [0.2, 0.25) is 11.8 Å². The number of hydrogen-bond donors (Lipinski definition) is 1. The lowest BCUT2D eigenvalue weighted by Crippen LogP contribution is -2.54. The molecule has 1 N–H and O–H groups in total. The zero-order valence-electron chi connectivity index (χ0n) is 21.3. The van der Waals surface area contributed by atoms with E-state index < -0.39 is 6.04 Å². The molecule has 3 atom stereocenters. The van der Waals surface area contributed by atoms with Gasteiger partial charge in [0.1, 0.15) is 22.4 Å². The molecule has 192 valence electrons. The van der Waals surface area contributed by atoms with E-state index in [1.165, 1.54) is 0 Å². The number of carbonyl (C=O) groups excluding carboxylic acids is 2. The molecule has 2 aliphatic rings. The molecule has 3 aromatic heterocycles. The van der Waals surface area contributed by atoms with Crippen LogP contribution in [0.5, 0.6) is 0 Å². The quantitative estimate of drug-likeness (QED) is 0.510. The van der Waals surface area contributed by atoms with E-state index in [-0.39, 0.29) is 29.7 Å². The first-order valence-electron chi connectivity index (χ1n) is 13.1. The number of rotatable bonds is 7. The molecule has 2 fully saturated rings. The van der Waals surface area contributed by atoms with Crippen molar-refractivity contribution in [2.75, 3.05) is 19.8 Å². The summed E-state index contributed by atoms with van der Waals surface area (Å²) >= 11 is 1.60. The zero-order chi connectivity index (χ0) is 25.2. The summed E-state index contributed by atoms with van der Waals surface area (Å²) in [5.41, 5.74) is 3.71. The van der Waals surface area contributed by atoms with Gasteiger partial charge in [-0.15, -0.1) is 11.3 Å². The zero-order valence-corrected chi connectivity index (χ0v) is 22.1. The van der Waals surface area contributed by atoms with Crippen molar-refractivity contribution < 1.29 is 14.3 Å². The summed E-state index contributed by atoms with van der Waals surface area (Å²) in [5, 5.41) is 6.14. The highest BCUT2D eigenvalue weighted by molar-refractivity contribution is 7.10. The number of imidazole rings is 1. The number of likely N-dealkylation sites (tertiary alicyclic amines) is 1. The van der Waals surface area contributed by atoms with Crippen molar-refractivity contribution in [1.29, 1.82) is 0 Å². The first-order chi connectivity index (χ1) is 17.5. The predicted molar refractivity (Wildman–Crippen MR) is 140 cm³/mol. The first-order valence-corrected chi connectivity index (χ1v) is 13.9. The Kier molecular flexibility index (Phi) is 7.39. The Morgan fingerprint density at radius 1 is 1.22 bits per heavy atom. The third kappa shape index (κ3) is 4.78. The molecule has 5 heterocycles. The molecule has 0 bridgehead atoms. The minimum absolute atomic E-state index is 0.0174. The second-order valence-electron chi connectivity index (χ2n) is 9.98. The highest BCUT2D eigenvalue weighted by atomic mass is 32.1. The van der Waals surface area contributed by atoms with E-state index in [0.29, 0.717) is 19.8 Å². The molecule has 0 spiro atoms. The summed E-state index contributed by atoms with van der Waals surface area (Å²) in [7, 11) is 0. The molecule has 5 rings (SSSR count).